The Balaban J connectivity index is 1.96. The van der Waals surface area contributed by atoms with E-state index >= 15 is 0 Å². The molecule has 13 nitrogen and oxygen atoms in total. The molecule has 0 radical (unpaired) electrons. The van der Waals surface area contributed by atoms with Gasteiger partial charge in [0.25, 0.3) is 5.69 Å². The molecule has 1 saturated heterocycles. The maximum Gasteiger partial charge on any atom is 0.415 e. The van der Waals surface area contributed by atoms with E-state index < -0.39 is 34.2 Å². The fraction of sp³-hybridized carbons (Fsp3) is 0.667. The van der Waals surface area contributed by atoms with Crippen LogP contribution < -0.4 is 9.64 Å². The van der Waals surface area contributed by atoms with E-state index in [4.69, 9.17) is 18.9 Å². The van der Waals surface area contributed by atoms with Crippen molar-refractivity contribution in [2.75, 3.05) is 38.3 Å². The van der Waals surface area contributed by atoms with Crippen LogP contribution in [0.3, 0.4) is 0 Å². The first kappa shape index (κ1) is 30.9. The lowest BCUT2D eigenvalue weighted by atomic mass is 10.0. The second kappa shape index (κ2) is 11.9. The van der Waals surface area contributed by atoms with Crippen molar-refractivity contribution < 1.29 is 38.3 Å². The van der Waals surface area contributed by atoms with Crippen molar-refractivity contribution in [3.05, 3.63) is 27.8 Å². The third-order valence-electron chi connectivity index (χ3n) is 6.47. The standard InChI is InChI=1S/C27H40N4O9/c1-17(23(32)37-8)30(25(34)40-27(5,6)7)20-14-22-18(13-21(20)31(35)36)15-28-10-11-29(16-19(28)9-12-38-22)24(33)39-26(2,3)4/h13-14,17,19H,9-12,15-16H2,1-8H3/t17?,19-/m0/s1. The van der Waals surface area contributed by atoms with Gasteiger partial charge in [0.1, 0.15) is 28.7 Å². The van der Waals surface area contributed by atoms with E-state index in [0.29, 0.717) is 43.9 Å². The van der Waals surface area contributed by atoms with Gasteiger partial charge in [-0.15, -0.1) is 0 Å². The number of carbonyl (C=O) groups is 3. The highest BCUT2D eigenvalue weighted by Crippen LogP contribution is 2.39. The molecule has 2 amide bonds. The number of ether oxygens (including phenoxy) is 4. The molecule has 0 spiro atoms. The summed E-state index contributed by atoms with van der Waals surface area (Å²) in [6.07, 6.45) is -0.713. The zero-order chi connectivity index (χ0) is 30.0. The molecule has 0 N–H and O–H groups in total. The first-order valence-electron chi connectivity index (χ1n) is 13.3. The van der Waals surface area contributed by atoms with Crippen molar-refractivity contribution in [1.29, 1.82) is 0 Å². The van der Waals surface area contributed by atoms with Crippen LogP contribution in [-0.4, -0.2) is 89.5 Å². The second-order valence-corrected chi connectivity index (χ2v) is 11.9. The number of rotatable bonds is 4. The fourth-order valence-corrected chi connectivity index (χ4v) is 4.64. The number of benzene rings is 1. The molecule has 0 aromatic heterocycles. The summed E-state index contributed by atoms with van der Waals surface area (Å²) in [5.41, 5.74) is -1.49. The molecule has 222 valence electrons. The van der Waals surface area contributed by atoms with Gasteiger partial charge in [0.05, 0.1) is 18.6 Å². The van der Waals surface area contributed by atoms with Crippen molar-refractivity contribution in [2.24, 2.45) is 0 Å². The van der Waals surface area contributed by atoms with E-state index in [1.54, 1.807) is 25.7 Å². The Morgan fingerprint density at radius 2 is 1.75 bits per heavy atom. The number of hydrogen-bond donors (Lipinski definition) is 0. The van der Waals surface area contributed by atoms with E-state index in [1.165, 1.54) is 26.2 Å². The zero-order valence-electron chi connectivity index (χ0n) is 24.5. The molecule has 0 bridgehead atoms. The minimum absolute atomic E-state index is 0.0363. The maximum absolute atomic E-state index is 13.2. The van der Waals surface area contributed by atoms with Gasteiger partial charge in [0, 0.05) is 49.9 Å². The van der Waals surface area contributed by atoms with Crippen LogP contribution in [-0.2, 0) is 25.5 Å². The smallest absolute Gasteiger partial charge is 0.415 e. The number of nitrogens with zero attached hydrogens (tertiary/aromatic N) is 4. The first-order valence-corrected chi connectivity index (χ1v) is 13.3. The monoisotopic (exact) mass is 564 g/mol. The van der Waals surface area contributed by atoms with Crippen molar-refractivity contribution in [3.8, 4) is 5.75 Å². The highest BCUT2D eigenvalue weighted by molar-refractivity contribution is 5.98. The molecule has 13 heteroatoms. The van der Waals surface area contributed by atoms with Gasteiger partial charge in [-0.2, -0.15) is 0 Å². The Morgan fingerprint density at radius 3 is 2.33 bits per heavy atom. The summed E-state index contributed by atoms with van der Waals surface area (Å²) in [6, 6.07) is 1.53. The Morgan fingerprint density at radius 1 is 1.10 bits per heavy atom. The van der Waals surface area contributed by atoms with Crippen molar-refractivity contribution in [1.82, 2.24) is 9.80 Å². The van der Waals surface area contributed by atoms with Gasteiger partial charge in [-0.25, -0.2) is 14.4 Å². The van der Waals surface area contributed by atoms with Gasteiger partial charge in [0.15, 0.2) is 0 Å². The Bertz CT molecular complexity index is 1140. The molecule has 1 unspecified atom stereocenters. The molecule has 0 saturated carbocycles. The van der Waals surface area contributed by atoms with Gasteiger partial charge < -0.3 is 23.8 Å². The summed E-state index contributed by atoms with van der Waals surface area (Å²) in [5, 5.41) is 12.2. The van der Waals surface area contributed by atoms with E-state index in [9.17, 15) is 24.5 Å². The Labute approximate surface area is 234 Å². The third kappa shape index (κ3) is 7.52. The highest BCUT2D eigenvalue weighted by Gasteiger charge is 2.38. The number of esters is 1. The number of nitro benzene ring substituents is 1. The average Bonchev–Trinajstić information content (AvgIpc) is 2.81. The minimum Gasteiger partial charge on any atom is -0.493 e. The Hall–Kier alpha value is -3.61. The molecular formula is C27H40N4O9. The van der Waals surface area contributed by atoms with Gasteiger partial charge in [-0.1, -0.05) is 0 Å². The van der Waals surface area contributed by atoms with Gasteiger partial charge in [-0.3, -0.25) is 19.9 Å². The number of carbonyl (C=O) groups excluding carboxylic acids is 3. The van der Waals surface area contributed by atoms with Crippen LogP contribution in [0.1, 0.15) is 60.5 Å². The molecule has 2 heterocycles. The summed E-state index contributed by atoms with van der Waals surface area (Å²) in [4.78, 5) is 54.7. The number of methoxy groups -OCH3 is 1. The maximum atomic E-state index is 13.2. The molecule has 2 aliphatic heterocycles. The molecule has 1 aromatic rings. The molecule has 1 fully saturated rings. The van der Waals surface area contributed by atoms with Crippen LogP contribution in [0.2, 0.25) is 0 Å². The molecule has 3 rings (SSSR count). The number of fused-ring (bicyclic) bond motifs is 2. The highest BCUT2D eigenvalue weighted by atomic mass is 16.6. The van der Waals surface area contributed by atoms with Crippen LogP contribution in [0, 0.1) is 10.1 Å². The van der Waals surface area contributed by atoms with Crippen LogP contribution in [0.25, 0.3) is 0 Å². The molecule has 2 atom stereocenters. The predicted octanol–water partition coefficient (Wildman–Crippen LogP) is 4.10. The summed E-state index contributed by atoms with van der Waals surface area (Å²) < 4.78 is 21.9. The van der Waals surface area contributed by atoms with Gasteiger partial charge in [-0.05, 0) is 54.9 Å². The predicted molar refractivity (Wildman–Crippen MR) is 145 cm³/mol. The zero-order valence-corrected chi connectivity index (χ0v) is 24.5. The molecular weight excluding hydrogens is 524 g/mol. The molecule has 0 aliphatic carbocycles. The second-order valence-electron chi connectivity index (χ2n) is 11.9. The number of anilines is 1. The summed E-state index contributed by atoms with van der Waals surface area (Å²) in [7, 11) is 1.17. The topological polar surface area (TPSA) is 141 Å². The third-order valence-corrected chi connectivity index (χ3v) is 6.47. The van der Waals surface area contributed by atoms with Crippen LogP contribution in [0.4, 0.5) is 21.0 Å². The van der Waals surface area contributed by atoms with E-state index in [-0.39, 0.29) is 30.1 Å². The summed E-state index contributed by atoms with van der Waals surface area (Å²) >= 11 is 0. The van der Waals surface area contributed by atoms with Crippen molar-refractivity contribution in [3.63, 3.8) is 0 Å². The van der Waals surface area contributed by atoms with E-state index in [1.807, 2.05) is 20.8 Å². The van der Waals surface area contributed by atoms with Gasteiger partial charge >= 0.3 is 18.2 Å². The first-order chi connectivity index (χ1) is 18.5. The van der Waals surface area contributed by atoms with Crippen LogP contribution in [0.5, 0.6) is 5.75 Å². The van der Waals surface area contributed by atoms with Crippen LogP contribution >= 0.6 is 0 Å². The average molecular weight is 565 g/mol. The largest absolute Gasteiger partial charge is 0.493 e. The van der Waals surface area contributed by atoms with Crippen molar-refractivity contribution >= 4 is 29.5 Å². The van der Waals surface area contributed by atoms with Gasteiger partial charge in [0.2, 0.25) is 0 Å². The SMILES string of the molecule is COC(=O)C(C)N(C(=O)OC(C)(C)C)c1cc2c(cc1[N+](=O)[O-])CN1CCN(C(=O)OC(C)(C)C)C[C@@H]1CCO2. The quantitative estimate of drug-likeness (QED) is 0.227. The summed E-state index contributed by atoms with van der Waals surface area (Å²) in [5.74, 6) is -0.405. The molecule has 2 aliphatic rings. The lowest BCUT2D eigenvalue weighted by molar-refractivity contribution is -0.384. The number of piperazine rings is 1. The Kier molecular flexibility index (Phi) is 9.17. The van der Waals surface area contributed by atoms with E-state index in [2.05, 4.69) is 4.90 Å². The van der Waals surface area contributed by atoms with Crippen LogP contribution in [0.15, 0.2) is 12.1 Å². The lowest BCUT2D eigenvalue weighted by Crippen LogP contribution is -2.55. The minimum atomic E-state index is -1.21. The molecule has 1 aromatic carbocycles. The van der Waals surface area contributed by atoms with E-state index in [0.717, 1.165) is 4.90 Å². The number of hydrogen-bond acceptors (Lipinski definition) is 10. The fourth-order valence-electron chi connectivity index (χ4n) is 4.64. The lowest BCUT2D eigenvalue weighted by Gasteiger charge is -2.42. The molecule has 40 heavy (non-hydrogen) atoms. The summed E-state index contributed by atoms with van der Waals surface area (Å²) in [6.45, 7) is 13.9. The number of nitro groups is 1. The normalized spacial score (nSPS) is 18.6. The number of amides is 2. The van der Waals surface area contributed by atoms with Crippen molar-refractivity contribution in [2.45, 2.75) is 84.7 Å².